The third-order valence-electron chi connectivity index (χ3n) is 4.09. The highest BCUT2D eigenvalue weighted by Gasteiger charge is 2.19. The minimum Gasteiger partial charge on any atom is -0.247 e. The molecule has 1 aromatic rings. The van der Waals surface area contributed by atoms with Crippen LogP contribution in [0.3, 0.4) is 0 Å². The van der Waals surface area contributed by atoms with Crippen molar-refractivity contribution >= 4 is 15.4 Å². The first-order valence-corrected chi connectivity index (χ1v) is 10.00. The molecule has 2 nitrogen and oxygen atoms in total. The maximum absolute atomic E-state index is 12.5. The van der Waals surface area contributed by atoms with Crippen molar-refractivity contribution in [2.45, 2.75) is 38.0 Å². The Kier molecular flexibility index (Phi) is 7.86. The predicted octanol–water partition coefficient (Wildman–Crippen LogP) is 5.14. The highest BCUT2D eigenvalue weighted by atomic mass is 32.2. The van der Waals surface area contributed by atoms with Crippen LogP contribution in [-0.2, 0) is 9.84 Å². The smallest absolute Gasteiger partial charge is 0.175 e. The van der Waals surface area contributed by atoms with E-state index in [4.69, 9.17) is 0 Å². The van der Waals surface area contributed by atoms with Crippen molar-refractivity contribution in [3.8, 4) is 12.8 Å². The van der Waals surface area contributed by atoms with Crippen molar-refractivity contribution in [3.63, 3.8) is 0 Å². The van der Waals surface area contributed by atoms with Gasteiger partial charge < -0.3 is 0 Å². The normalized spacial score (nSPS) is 14.3. The summed E-state index contributed by atoms with van der Waals surface area (Å²) in [5, 5.41) is 0. The molecule has 0 N–H and O–H groups in total. The fraction of sp³-hybridized carbons (Fsp3) is 0.333. The molecule has 2 rings (SSSR count). The number of terminal acetylenes is 1. The van der Waals surface area contributed by atoms with Gasteiger partial charge in [0.05, 0.1) is 4.90 Å². The molecule has 25 heavy (non-hydrogen) atoms. The minimum absolute atomic E-state index is 0.334. The van der Waals surface area contributed by atoms with E-state index in [-0.39, 0.29) is 0 Å². The summed E-state index contributed by atoms with van der Waals surface area (Å²) >= 11 is 0. The summed E-state index contributed by atoms with van der Waals surface area (Å²) in [7, 11) is -3.18. The van der Waals surface area contributed by atoms with Gasteiger partial charge in [-0.15, -0.1) is 12.8 Å². The van der Waals surface area contributed by atoms with E-state index in [0.29, 0.717) is 4.90 Å². The Morgan fingerprint density at radius 2 is 1.76 bits per heavy atom. The molecule has 0 unspecified atom stereocenters. The molecule has 1 aliphatic carbocycles. The van der Waals surface area contributed by atoms with E-state index in [2.05, 4.69) is 12.8 Å². The van der Waals surface area contributed by atoms with Crippen molar-refractivity contribution < 1.29 is 12.8 Å². The van der Waals surface area contributed by atoms with Crippen LogP contribution in [-0.4, -0.2) is 21.3 Å². The van der Waals surface area contributed by atoms with E-state index in [1.54, 1.807) is 12.1 Å². The highest BCUT2D eigenvalue weighted by Crippen LogP contribution is 2.39. The lowest BCUT2D eigenvalue weighted by Gasteiger charge is -2.12. The molecule has 0 heterocycles. The van der Waals surface area contributed by atoms with Crippen LogP contribution in [0.4, 0.5) is 4.39 Å². The molecule has 0 amide bonds. The largest absolute Gasteiger partial charge is 0.247 e. The van der Waals surface area contributed by atoms with Gasteiger partial charge in [-0.3, -0.25) is 0 Å². The van der Waals surface area contributed by atoms with E-state index in [1.165, 1.54) is 23.5 Å². The van der Waals surface area contributed by atoms with E-state index in [1.807, 2.05) is 32.1 Å². The Hall–Kier alpha value is -2.12. The van der Waals surface area contributed by atoms with Gasteiger partial charge in [0.15, 0.2) is 9.84 Å². The van der Waals surface area contributed by atoms with Gasteiger partial charge in [-0.05, 0) is 67.5 Å². The molecule has 0 saturated heterocycles. The molecular formula is C21H25FO2S. The second-order valence-corrected chi connectivity index (χ2v) is 8.09. The minimum atomic E-state index is -3.18. The Morgan fingerprint density at radius 3 is 2.24 bits per heavy atom. The molecule has 0 atom stereocenters. The summed E-state index contributed by atoms with van der Waals surface area (Å²) in [6, 6.07) is 7.07. The van der Waals surface area contributed by atoms with Crippen molar-refractivity contribution in [1.82, 2.24) is 0 Å². The van der Waals surface area contributed by atoms with Crippen molar-refractivity contribution in [2.24, 2.45) is 0 Å². The van der Waals surface area contributed by atoms with Gasteiger partial charge in [0.2, 0.25) is 0 Å². The highest BCUT2D eigenvalue weighted by molar-refractivity contribution is 7.90. The van der Waals surface area contributed by atoms with Gasteiger partial charge in [0.1, 0.15) is 6.67 Å². The zero-order valence-corrected chi connectivity index (χ0v) is 15.9. The number of hydrogen-bond acceptors (Lipinski definition) is 2. The van der Waals surface area contributed by atoms with E-state index in [0.717, 1.165) is 36.0 Å². The second-order valence-electron chi connectivity index (χ2n) is 6.08. The van der Waals surface area contributed by atoms with Crippen molar-refractivity contribution in [3.05, 3.63) is 58.7 Å². The van der Waals surface area contributed by atoms with Gasteiger partial charge in [0.25, 0.3) is 0 Å². The SMILES string of the molecule is C#C.CC(C)=C(/C=C\CF)C1=C(c2ccc(S(C)(=O)=O)cc2)CCC1. The third kappa shape index (κ3) is 5.44. The molecule has 0 fully saturated rings. The Balaban J connectivity index is 0.00000151. The Labute approximate surface area is 151 Å². The van der Waals surface area contributed by atoms with Gasteiger partial charge in [-0.2, -0.15) is 0 Å². The average molecular weight is 360 g/mol. The summed E-state index contributed by atoms with van der Waals surface area (Å²) in [6.07, 6.45) is 15.6. The zero-order valence-electron chi connectivity index (χ0n) is 15.0. The standard InChI is InChI=1S/C19H23FO2S.C2H2/c1-14(2)17(8-5-13-20)19-7-4-6-18(19)15-9-11-16(12-10-15)23(3,21)22;1-2/h5,8-12H,4,6-7,13H2,1-3H3;1-2H/b8-5-;. The van der Waals surface area contributed by atoms with Gasteiger partial charge in [-0.1, -0.05) is 29.9 Å². The average Bonchev–Trinajstić information content (AvgIpc) is 3.05. The summed E-state index contributed by atoms with van der Waals surface area (Å²) in [4.78, 5) is 0.334. The van der Waals surface area contributed by atoms with Crippen LogP contribution in [0, 0.1) is 12.8 Å². The lowest BCUT2D eigenvalue weighted by atomic mass is 9.94. The molecular weight excluding hydrogens is 335 g/mol. The number of halogens is 1. The fourth-order valence-corrected chi connectivity index (χ4v) is 3.62. The summed E-state index contributed by atoms with van der Waals surface area (Å²) in [5.41, 5.74) is 5.81. The molecule has 0 spiro atoms. The maximum Gasteiger partial charge on any atom is 0.175 e. The van der Waals surface area contributed by atoms with Crippen LogP contribution in [0.2, 0.25) is 0 Å². The van der Waals surface area contributed by atoms with Crippen LogP contribution < -0.4 is 0 Å². The van der Waals surface area contributed by atoms with Crippen molar-refractivity contribution in [2.75, 3.05) is 12.9 Å². The number of rotatable bonds is 5. The number of hydrogen-bond donors (Lipinski definition) is 0. The summed E-state index contributed by atoms with van der Waals surface area (Å²) in [6.45, 7) is 3.60. The van der Waals surface area contributed by atoms with Crippen LogP contribution in [0.5, 0.6) is 0 Å². The number of alkyl halides is 1. The lowest BCUT2D eigenvalue weighted by Crippen LogP contribution is -1.97. The van der Waals surface area contributed by atoms with Gasteiger partial charge >= 0.3 is 0 Å². The number of sulfone groups is 1. The third-order valence-corrected chi connectivity index (χ3v) is 5.21. The summed E-state index contributed by atoms with van der Waals surface area (Å²) < 4.78 is 35.7. The Bertz CT molecular complexity index is 803. The molecule has 0 bridgehead atoms. The molecule has 0 aromatic heterocycles. The molecule has 0 radical (unpaired) electrons. The summed E-state index contributed by atoms with van der Waals surface area (Å²) in [5.74, 6) is 0. The van der Waals surface area contributed by atoms with Crippen LogP contribution in [0.15, 0.2) is 58.0 Å². The molecule has 0 saturated carbocycles. The number of benzene rings is 1. The lowest BCUT2D eigenvalue weighted by molar-refractivity contribution is 0.561. The Morgan fingerprint density at radius 1 is 1.16 bits per heavy atom. The van der Waals surface area contributed by atoms with E-state index >= 15 is 0 Å². The predicted molar refractivity (Wildman–Crippen MR) is 104 cm³/mol. The van der Waals surface area contributed by atoms with Gasteiger partial charge in [0, 0.05) is 6.26 Å². The molecule has 0 aliphatic heterocycles. The van der Waals surface area contributed by atoms with E-state index in [9.17, 15) is 12.8 Å². The molecule has 1 aliphatic rings. The monoisotopic (exact) mass is 360 g/mol. The van der Waals surface area contributed by atoms with Crippen LogP contribution >= 0.6 is 0 Å². The fourth-order valence-electron chi connectivity index (χ4n) is 2.99. The maximum atomic E-state index is 12.5. The molecule has 134 valence electrons. The first kappa shape index (κ1) is 20.9. The number of allylic oxidation sites excluding steroid dienone is 6. The quantitative estimate of drug-likeness (QED) is 0.538. The first-order chi connectivity index (χ1) is 11.8. The van der Waals surface area contributed by atoms with Crippen LogP contribution in [0.25, 0.3) is 5.57 Å². The molecule has 1 aromatic carbocycles. The zero-order chi connectivity index (χ0) is 19.0. The van der Waals surface area contributed by atoms with E-state index < -0.39 is 16.5 Å². The molecule has 4 heteroatoms. The van der Waals surface area contributed by atoms with Crippen molar-refractivity contribution in [1.29, 1.82) is 0 Å². The first-order valence-electron chi connectivity index (χ1n) is 8.11. The van der Waals surface area contributed by atoms with Crippen LogP contribution in [0.1, 0.15) is 38.7 Å². The second kappa shape index (κ2) is 9.39. The topological polar surface area (TPSA) is 34.1 Å². The van der Waals surface area contributed by atoms with Gasteiger partial charge in [-0.25, -0.2) is 12.8 Å².